The first-order valence-electron chi connectivity index (χ1n) is 6.79. The zero-order valence-corrected chi connectivity index (χ0v) is 11.5. The predicted molar refractivity (Wildman–Crippen MR) is 86.9 cm³/mol. The maximum absolute atomic E-state index is 4.58. The average Bonchev–Trinajstić information content (AvgIpc) is 2.58. The fourth-order valence-corrected chi connectivity index (χ4v) is 1.99. The second kappa shape index (κ2) is 6.48. The van der Waals surface area contributed by atoms with Gasteiger partial charge in [-0.3, -0.25) is 4.98 Å². The van der Waals surface area contributed by atoms with E-state index in [0.717, 1.165) is 17.1 Å². The largest absolute Gasteiger partial charge is 0.255 e. The van der Waals surface area contributed by atoms with Gasteiger partial charge in [-0.2, -0.15) is 5.10 Å². The second-order valence-electron chi connectivity index (χ2n) is 4.48. The van der Waals surface area contributed by atoms with Crippen LogP contribution < -0.4 is 5.01 Å². The maximum Gasteiger partial charge on any atom is 0.0830 e. The summed E-state index contributed by atoms with van der Waals surface area (Å²) in [6, 6.07) is 25.9. The van der Waals surface area contributed by atoms with Crippen molar-refractivity contribution in [1.82, 2.24) is 4.98 Å². The van der Waals surface area contributed by atoms with E-state index in [4.69, 9.17) is 0 Å². The molecule has 1 heterocycles. The number of hydrogen-bond donors (Lipinski definition) is 0. The van der Waals surface area contributed by atoms with Gasteiger partial charge in [-0.15, -0.1) is 0 Å². The highest BCUT2D eigenvalue weighted by atomic mass is 15.5. The van der Waals surface area contributed by atoms with E-state index < -0.39 is 0 Å². The van der Waals surface area contributed by atoms with Crippen LogP contribution in [0.15, 0.2) is 90.2 Å². The number of para-hydroxylation sites is 2. The van der Waals surface area contributed by atoms with E-state index in [-0.39, 0.29) is 0 Å². The maximum atomic E-state index is 4.58. The van der Waals surface area contributed by atoms with Crippen molar-refractivity contribution < 1.29 is 0 Å². The van der Waals surface area contributed by atoms with Gasteiger partial charge < -0.3 is 0 Å². The van der Waals surface area contributed by atoms with Crippen LogP contribution in [-0.4, -0.2) is 11.2 Å². The molecule has 0 radical (unpaired) electrons. The molecule has 0 aliphatic carbocycles. The molecule has 3 heteroatoms. The zero-order chi connectivity index (χ0) is 14.3. The van der Waals surface area contributed by atoms with Crippen LogP contribution in [0.3, 0.4) is 0 Å². The van der Waals surface area contributed by atoms with Crippen LogP contribution in [0.2, 0.25) is 0 Å². The van der Waals surface area contributed by atoms with Gasteiger partial charge in [-0.1, -0.05) is 42.5 Å². The summed E-state index contributed by atoms with van der Waals surface area (Å²) in [4.78, 5) is 4.26. The van der Waals surface area contributed by atoms with Crippen molar-refractivity contribution in [1.29, 1.82) is 0 Å². The molecule has 0 saturated heterocycles. The summed E-state index contributed by atoms with van der Waals surface area (Å²) < 4.78 is 0. The lowest BCUT2D eigenvalue weighted by Gasteiger charge is -2.18. The summed E-state index contributed by atoms with van der Waals surface area (Å²) >= 11 is 0. The van der Waals surface area contributed by atoms with E-state index in [1.807, 2.05) is 83.9 Å². The quantitative estimate of drug-likeness (QED) is 0.525. The number of nitrogens with zero attached hydrogens (tertiary/aromatic N) is 3. The Morgan fingerprint density at radius 3 is 1.81 bits per heavy atom. The molecular formula is C18H15N3. The Balaban J connectivity index is 1.96. The Morgan fingerprint density at radius 2 is 1.29 bits per heavy atom. The first kappa shape index (κ1) is 13.1. The Hall–Kier alpha value is -2.94. The Bertz CT molecular complexity index is 655. The van der Waals surface area contributed by atoms with Crippen molar-refractivity contribution in [3.8, 4) is 0 Å². The molecule has 0 atom stereocenters. The van der Waals surface area contributed by atoms with E-state index >= 15 is 0 Å². The smallest absolute Gasteiger partial charge is 0.0830 e. The molecule has 0 unspecified atom stereocenters. The lowest BCUT2D eigenvalue weighted by Crippen LogP contribution is -2.09. The van der Waals surface area contributed by atoms with Crippen molar-refractivity contribution in [2.75, 3.05) is 5.01 Å². The molecule has 0 amide bonds. The molecule has 0 saturated carbocycles. The van der Waals surface area contributed by atoms with Crippen molar-refractivity contribution in [2.24, 2.45) is 5.10 Å². The minimum atomic E-state index is 0.828. The number of hydrogen-bond acceptors (Lipinski definition) is 3. The summed E-state index contributed by atoms with van der Waals surface area (Å²) in [5.41, 5.74) is 2.85. The van der Waals surface area contributed by atoms with E-state index in [9.17, 15) is 0 Å². The zero-order valence-electron chi connectivity index (χ0n) is 11.5. The molecule has 21 heavy (non-hydrogen) atoms. The fraction of sp³-hybridized carbons (Fsp3) is 0. The first-order valence-corrected chi connectivity index (χ1v) is 6.79. The standard InChI is InChI=1S/C18H15N3/c1-3-10-17(11-4-1)21(18-12-5-2-6-13-18)20-15-16-9-7-8-14-19-16/h1-15H/b20-15-. The summed E-state index contributed by atoms with van der Waals surface area (Å²) in [5, 5.41) is 6.48. The number of anilines is 2. The molecule has 102 valence electrons. The predicted octanol–water partition coefficient (Wildman–Crippen LogP) is 4.25. The second-order valence-corrected chi connectivity index (χ2v) is 4.48. The molecule has 0 aliphatic rings. The number of pyridine rings is 1. The van der Waals surface area contributed by atoms with Gasteiger partial charge in [0, 0.05) is 6.20 Å². The van der Waals surface area contributed by atoms with Gasteiger partial charge in [0.1, 0.15) is 0 Å². The summed E-state index contributed by atoms with van der Waals surface area (Å²) in [6.07, 6.45) is 3.52. The number of benzene rings is 2. The third kappa shape index (κ3) is 3.34. The molecule has 3 rings (SSSR count). The van der Waals surface area contributed by atoms with Crippen LogP contribution in [0.5, 0.6) is 0 Å². The molecule has 1 aromatic heterocycles. The van der Waals surface area contributed by atoms with Gasteiger partial charge in [0.15, 0.2) is 0 Å². The van der Waals surface area contributed by atoms with E-state index in [1.54, 1.807) is 12.4 Å². The fourth-order valence-electron chi connectivity index (χ4n) is 1.99. The van der Waals surface area contributed by atoms with Crippen LogP contribution in [-0.2, 0) is 0 Å². The van der Waals surface area contributed by atoms with Crippen LogP contribution in [0.1, 0.15) is 5.69 Å². The van der Waals surface area contributed by atoms with E-state index in [1.165, 1.54) is 0 Å². The third-order valence-corrected chi connectivity index (χ3v) is 2.99. The van der Waals surface area contributed by atoms with Crippen molar-refractivity contribution in [3.63, 3.8) is 0 Å². The third-order valence-electron chi connectivity index (χ3n) is 2.99. The Labute approximate surface area is 124 Å². The summed E-state index contributed by atoms with van der Waals surface area (Å²) in [6.45, 7) is 0. The number of hydrazone groups is 1. The molecule has 0 spiro atoms. The molecular weight excluding hydrogens is 258 g/mol. The van der Waals surface area contributed by atoms with Crippen LogP contribution in [0.25, 0.3) is 0 Å². The summed E-state index contributed by atoms with van der Waals surface area (Å²) in [5.74, 6) is 0. The minimum absolute atomic E-state index is 0.828. The van der Waals surface area contributed by atoms with Gasteiger partial charge in [-0.05, 0) is 36.4 Å². The monoisotopic (exact) mass is 273 g/mol. The van der Waals surface area contributed by atoms with Gasteiger partial charge in [0.25, 0.3) is 0 Å². The van der Waals surface area contributed by atoms with Crippen LogP contribution in [0, 0.1) is 0 Å². The molecule has 3 nitrogen and oxygen atoms in total. The molecule has 2 aromatic carbocycles. The minimum Gasteiger partial charge on any atom is -0.255 e. The van der Waals surface area contributed by atoms with E-state index in [0.29, 0.717) is 0 Å². The topological polar surface area (TPSA) is 28.5 Å². The molecule has 0 aliphatic heterocycles. The normalized spacial score (nSPS) is 10.7. The van der Waals surface area contributed by atoms with Crippen LogP contribution in [0.4, 0.5) is 11.4 Å². The van der Waals surface area contributed by atoms with Crippen molar-refractivity contribution in [3.05, 3.63) is 90.8 Å². The molecule has 0 bridgehead atoms. The van der Waals surface area contributed by atoms with Gasteiger partial charge in [-0.25, -0.2) is 5.01 Å². The van der Waals surface area contributed by atoms with Crippen molar-refractivity contribution >= 4 is 17.6 Å². The number of rotatable bonds is 4. The van der Waals surface area contributed by atoms with Gasteiger partial charge in [0.2, 0.25) is 0 Å². The van der Waals surface area contributed by atoms with Crippen molar-refractivity contribution in [2.45, 2.75) is 0 Å². The first-order chi connectivity index (χ1) is 10.4. The highest BCUT2D eigenvalue weighted by molar-refractivity contribution is 5.79. The SMILES string of the molecule is C(=N/N(c1ccccc1)c1ccccc1)/c1ccccn1. The lowest BCUT2D eigenvalue weighted by atomic mass is 10.2. The van der Waals surface area contributed by atoms with Gasteiger partial charge in [0.05, 0.1) is 23.3 Å². The van der Waals surface area contributed by atoms with Gasteiger partial charge >= 0.3 is 0 Å². The van der Waals surface area contributed by atoms with E-state index in [2.05, 4.69) is 10.1 Å². The summed E-state index contributed by atoms with van der Waals surface area (Å²) in [7, 11) is 0. The molecule has 0 fully saturated rings. The highest BCUT2D eigenvalue weighted by Crippen LogP contribution is 2.24. The number of aromatic nitrogens is 1. The Kier molecular flexibility index (Phi) is 4.03. The molecule has 0 N–H and O–H groups in total. The highest BCUT2D eigenvalue weighted by Gasteiger charge is 2.06. The lowest BCUT2D eigenvalue weighted by molar-refractivity contribution is 1.09. The Morgan fingerprint density at radius 1 is 0.714 bits per heavy atom. The average molecular weight is 273 g/mol. The van der Waals surface area contributed by atoms with Crippen LogP contribution >= 0.6 is 0 Å². The molecule has 3 aromatic rings.